The summed E-state index contributed by atoms with van der Waals surface area (Å²) in [7, 11) is 0. The third kappa shape index (κ3) is 3.98. The molecular formula is C19H17F3N4O2. The number of carbonyl (C=O) groups excluding carboxylic acids is 2. The number of nitrogens with one attached hydrogen (secondary N) is 2. The minimum atomic E-state index is -4.60. The molecule has 0 aliphatic rings. The highest BCUT2D eigenvalue weighted by Gasteiger charge is 2.33. The maximum Gasteiger partial charge on any atom is 0.418 e. The second-order valence-corrected chi connectivity index (χ2v) is 6.05. The van der Waals surface area contributed by atoms with Gasteiger partial charge in [0.25, 0.3) is 5.91 Å². The van der Waals surface area contributed by atoms with Crippen molar-refractivity contribution < 1.29 is 22.8 Å². The predicted octanol–water partition coefficient (Wildman–Crippen LogP) is 3.68. The second kappa shape index (κ2) is 7.71. The Kier molecular flexibility index (Phi) is 5.34. The molecule has 0 saturated heterocycles. The van der Waals surface area contributed by atoms with Gasteiger partial charge in [-0.3, -0.25) is 14.7 Å². The van der Waals surface area contributed by atoms with Crippen molar-refractivity contribution in [3.63, 3.8) is 0 Å². The smallest absolute Gasteiger partial charge is 0.330 e. The van der Waals surface area contributed by atoms with E-state index in [4.69, 9.17) is 0 Å². The van der Waals surface area contributed by atoms with Crippen LogP contribution >= 0.6 is 0 Å². The summed E-state index contributed by atoms with van der Waals surface area (Å²) in [4.78, 5) is 26.4. The monoisotopic (exact) mass is 390 g/mol. The van der Waals surface area contributed by atoms with Crippen molar-refractivity contribution in [2.75, 3.05) is 18.4 Å². The van der Waals surface area contributed by atoms with Gasteiger partial charge in [0.2, 0.25) is 5.91 Å². The zero-order valence-corrected chi connectivity index (χ0v) is 14.9. The number of rotatable bonds is 5. The van der Waals surface area contributed by atoms with Gasteiger partial charge in [0.15, 0.2) is 0 Å². The molecule has 1 heterocycles. The molecule has 0 unspecified atom stereocenters. The summed E-state index contributed by atoms with van der Waals surface area (Å²) < 4.78 is 39.2. The fraction of sp³-hybridized carbons (Fsp3) is 0.211. The molecule has 146 valence electrons. The molecule has 2 N–H and O–H groups in total. The number of aromatic amines is 1. The Morgan fingerprint density at radius 3 is 2.61 bits per heavy atom. The van der Waals surface area contributed by atoms with E-state index in [0.717, 1.165) is 11.5 Å². The Morgan fingerprint density at radius 2 is 1.89 bits per heavy atom. The van der Waals surface area contributed by atoms with Gasteiger partial charge in [-0.05, 0) is 25.1 Å². The molecule has 2 amide bonds. The van der Waals surface area contributed by atoms with E-state index in [2.05, 4.69) is 15.5 Å². The predicted molar refractivity (Wildman–Crippen MR) is 97.7 cm³/mol. The lowest BCUT2D eigenvalue weighted by atomic mass is 10.1. The lowest BCUT2D eigenvalue weighted by molar-refractivity contribution is -0.137. The molecule has 2 aromatic carbocycles. The number of amides is 2. The topological polar surface area (TPSA) is 78.1 Å². The standard InChI is InChI=1S/C19H17F3N4O2/c1-2-26(18(28)13-7-5-6-12-10-23-25-17(12)13)11-16(27)24-15-9-4-3-8-14(15)19(20,21)22/h3-10H,2,11H2,1H3,(H,23,25)(H,24,27). The minimum absolute atomic E-state index is 0.206. The summed E-state index contributed by atoms with van der Waals surface area (Å²) in [6.07, 6.45) is -3.02. The molecule has 0 aliphatic heterocycles. The van der Waals surface area contributed by atoms with Crippen molar-refractivity contribution in [3.05, 3.63) is 59.8 Å². The van der Waals surface area contributed by atoms with E-state index >= 15 is 0 Å². The van der Waals surface area contributed by atoms with Crippen molar-refractivity contribution in [3.8, 4) is 0 Å². The Bertz CT molecular complexity index is 1010. The fourth-order valence-corrected chi connectivity index (χ4v) is 2.85. The van der Waals surface area contributed by atoms with Gasteiger partial charge in [0.1, 0.15) is 6.54 Å². The first kappa shape index (κ1) is 19.4. The van der Waals surface area contributed by atoms with E-state index in [-0.39, 0.29) is 18.8 Å². The van der Waals surface area contributed by atoms with Crippen molar-refractivity contribution >= 4 is 28.4 Å². The van der Waals surface area contributed by atoms with Crippen LogP contribution in [0.4, 0.5) is 18.9 Å². The highest BCUT2D eigenvalue weighted by molar-refractivity contribution is 6.07. The average molecular weight is 390 g/mol. The number of carbonyl (C=O) groups is 2. The molecular weight excluding hydrogens is 373 g/mol. The molecule has 0 saturated carbocycles. The van der Waals surface area contributed by atoms with E-state index in [1.807, 2.05) is 0 Å². The lowest BCUT2D eigenvalue weighted by Gasteiger charge is -2.21. The van der Waals surface area contributed by atoms with Crippen molar-refractivity contribution in [2.45, 2.75) is 13.1 Å². The number of H-pyrrole nitrogens is 1. The van der Waals surface area contributed by atoms with E-state index < -0.39 is 23.6 Å². The second-order valence-electron chi connectivity index (χ2n) is 6.05. The van der Waals surface area contributed by atoms with Gasteiger partial charge in [0.05, 0.1) is 28.5 Å². The fourth-order valence-electron chi connectivity index (χ4n) is 2.85. The zero-order chi connectivity index (χ0) is 20.3. The number of para-hydroxylation sites is 2. The summed E-state index contributed by atoms with van der Waals surface area (Å²) >= 11 is 0. The molecule has 0 radical (unpaired) electrons. The maximum atomic E-state index is 13.1. The molecule has 0 fully saturated rings. The van der Waals surface area contributed by atoms with E-state index in [1.165, 1.54) is 23.1 Å². The molecule has 3 aromatic rings. The largest absolute Gasteiger partial charge is 0.418 e. The van der Waals surface area contributed by atoms with Crippen molar-refractivity contribution in [2.24, 2.45) is 0 Å². The first-order valence-electron chi connectivity index (χ1n) is 8.48. The highest BCUT2D eigenvalue weighted by Crippen LogP contribution is 2.34. The number of alkyl halides is 3. The van der Waals surface area contributed by atoms with Crippen LogP contribution in [0.25, 0.3) is 10.9 Å². The number of fused-ring (bicyclic) bond motifs is 1. The summed E-state index contributed by atoms with van der Waals surface area (Å²) in [5.41, 5.74) is -0.423. The Labute approximate surface area is 158 Å². The first-order valence-corrected chi connectivity index (χ1v) is 8.48. The number of benzene rings is 2. The van der Waals surface area contributed by atoms with Crippen LogP contribution in [-0.4, -0.2) is 40.0 Å². The van der Waals surface area contributed by atoms with Gasteiger partial charge >= 0.3 is 6.18 Å². The minimum Gasteiger partial charge on any atom is -0.330 e. The third-order valence-electron chi connectivity index (χ3n) is 4.22. The van der Waals surface area contributed by atoms with Crippen LogP contribution in [0.5, 0.6) is 0 Å². The van der Waals surface area contributed by atoms with Gasteiger partial charge in [-0.2, -0.15) is 18.3 Å². The van der Waals surface area contributed by atoms with Gasteiger partial charge in [-0.1, -0.05) is 24.3 Å². The number of halogens is 3. The number of hydrogen-bond acceptors (Lipinski definition) is 3. The Balaban J connectivity index is 1.78. The van der Waals surface area contributed by atoms with Crippen LogP contribution in [0.1, 0.15) is 22.8 Å². The highest BCUT2D eigenvalue weighted by atomic mass is 19.4. The van der Waals surface area contributed by atoms with Crippen LogP contribution in [0.3, 0.4) is 0 Å². The molecule has 3 rings (SSSR count). The number of aromatic nitrogens is 2. The van der Waals surface area contributed by atoms with Crippen molar-refractivity contribution in [1.82, 2.24) is 15.1 Å². The van der Waals surface area contributed by atoms with Crippen LogP contribution in [0.2, 0.25) is 0 Å². The number of hydrogen-bond donors (Lipinski definition) is 2. The van der Waals surface area contributed by atoms with E-state index in [1.54, 1.807) is 31.3 Å². The lowest BCUT2D eigenvalue weighted by Crippen LogP contribution is -2.38. The van der Waals surface area contributed by atoms with E-state index in [9.17, 15) is 22.8 Å². The molecule has 0 spiro atoms. The summed E-state index contributed by atoms with van der Waals surface area (Å²) in [5, 5.41) is 9.63. The van der Waals surface area contributed by atoms with Gasteiger partial charge in [-0.25, -0.2) is 0 Å². The van der Waals surface area contributed by atoms with Crippen LogP contribution in [-0.2, 0) is 11.0 Å². The third-order valence-corrected chi connectivity index (χ3v) is 4.22. The maximum absolute atomic E-state index is 13.1. The molecule has 6 nitrogen and oxygen atoms in total. The first-order chi connectivity index (χ1) is 13.3. The van der Waals surface area contributed by atoms with Crippen molar-refractivity contribution in [1.29, 1.82) is 0 Å². The molecule has 9 heteroatoms. The number of anilines is 1. The van der Waals surface area contributed by atoms with Crippen LogP contribution in [0.15, 0.2) is 48.7 Å². The van der Waals surface area contributed by atoms with Crippen LogP contribution < -0.4 is 5.32 Å². The number of nitrogens with zero attached hydrogens (tertiary/aromatic N) is 2. The van der Waals surface area contributed by atoms with Gasteiger partial charge in [-0.15, -0.1) is 0 Å². The zero-order valence-electron chi connectivity index (χ0n) is 14.9. The molecule has 1 aromatic heterocycles. The summed E-state index contributed by atoms with van der Waals surface area (Å²) in [6, 6.07) is 9.77. The molecule has 28 heavy (non-hydrogen) atoms. The van der Waals surface area contributed by atoms with Gasteiger partial charge in [0, 0.05) is 11.9 Å². The SMILES string of the molecule is CCN(CC(=O)Nc1ccccc1C(F)(F)F)C(=O)c1cccc2cn[nH]c12. The summed E-state index contributed by atoms with van der Waals surface area (Å²) in [6.45, 7) is 1.51. The Morgan fingerprint density at radius 1 is 1.14 bits per heavy atom. The number of likely N-dealkylation sites (N-methyl/N-ethyl adjacent to an activating group) is 1. The van der Waals surface area contributed by atoms with E-state index in [0.29, 0.717) is 11.1 Å². The molecule has 0 aliphatic carbocycles. The normalized spacial score (nSPS) is 11.4. The molecule has 0 bridgehead atoms. The van der Waals surface area contributed by atoms with Crippen LogP contribution in [0, 0.1) is 0 Å². The van der Waals surface area contributed by atoms with Gasteiger partial charge < -0.3 is 10.2 Å². The summed E-state index contributed by atoms with van der Waals surface area (Å²) in [5.74, 6) is -1.14. The molecule has 0 atom stereocenters. The average Bonchev–Trinajstić information content (AvgIpc) is 3.14. The Hall–Kier alpha value is -3.36. The quantitative estimate of drug-likeness (QED) is 0.698.